The average Bonchev–Trinajstić information content (AvgIpc) is 3.18. The van der Waals surface area contributed by atoms with Gasteiger partial charge in [-0.1, -0.05) is 11.3 Å². The number of nitrogens with two attached hydrogens (primary N) is 1. The molecular formula is C17H11F3N8. The predicted octanol–water partition coefficient (Wildman–Crippen LogP) is 2.70. The Kier molecular flexibility index (Phi) is 3.19. The van der Waals surface area contributed by atoms with Crippen molar-refractivity contribution < 1.29 is 13.2 Å². The summed E-state index contributed by atoms with van der Waals surface area (Å²) in [5.41, 5.74) is 7.20. The monoisotopic (exact) mass is 384 g/mol. The van der Waals surface area contributed by atoms with Gasteiger partial charge in [-0.25, -0.2) is 22.4 Å². The van der Waals surface area contributed by atoms with E-state index in [0.717, 1.165) is 10.7 Å². The molecule has 1 aromatic carbocycles. The van der Waals surface area contributed by atoms with Crippen molar-refractivity contribution in [3.63, 3.8) is 0 Å². The Morgan fingerprint density at radius 1 is 1.29 bits per heavy atom. The third kappa shape index (κ3) is 2.31. The highest BCUT2D eigenvalue weighted by molar-refractivity contribution is 5.89. The van der Waals surface area contributed by atoms with Crippen LogP contribution in [0.3, 0.4) is 0 Å². The van der Waals surface area contributed by atoms with Crippen LogP contribution in [0.4, 0.5) is 19.1 Å². The Morgan fingerprint density at radius 3 is 2.79 bits per heavy atom. The van der Waals surface area contributed by atoms with Crippen molar-refractivity contribution in [2.75, 3.05) is 5.73 Å². The van der Waals surface area contributed by atoms with Gasteiger partial charge < -0.3 is 5.73 Å². The molecule has 1 aliphatic carbocycles. The van der Waals surface area contributed by atoms with Crippen LogP contribution in [0, 0.1) is 17.1 Å². The first kappa shape index (κ1) is 16.5. The molecule has 3 aromatic heterocycles. The first-order valence-electron chi connectivity index (χ1n) is 8.34. The Morgan fingerprint density at radius 2 is 2.07 bits per heavy atom. The number of hydrogen-bond acceptors (Lipinski definition) is 6. The van der Waals surface area contributed by atoms with Crippen LogP contribution in [0.25, 0.3) is 27.7 Å². The fraction of sp³-hybridized carbons (Fsp3) is 0.235. The minimum atomic E-state index is -2.70. The lowest BCUT2D eigenvalue weighted by Gasteiger charge is -2.34. The number of nitriles is 1. The minimum absolute atomic E-state index is 0.0724. The number of halogens is 3. The van der Waals surface area contributed by atoms with Crippen molar-refractivity contribution in [3.05, 3.63) is 35.9 Å². The first-order valence-corrected chi connectivity index (χ1v) is 8.34. The van der Waals surface area contributed by atoms with E-state index in [0.29, 0.717) is 16.6 Å². The molecule has 0 saturated heterocycles. The maximum atomic E-state index is 14.7. The summed E-state index contributed by atoms with van der Waals surface area (Å²) >= 11 is 0. The quantitative estimate of drug-likeness (QED) is 0.569. The minimum Gasteiger partial charge on any atom is -0.367 e. The van der Waals surface area contributed by atoms with Crippen molar-refractivity contribution >= 4 is 22.5 Å². The Hall–Kier alpha value is -3.68. The van der Waals surface area contributed by atoms with Crippen molar-refractivity contribution in [3.8, 4) is 17.2 Å². The fourth-order valence-electron chi connectivity index (χ4n) is 3.59. The van der Waals surface area contributed by atoms with Crippen LogP contribution in [-0.4, -0.2) is 35.5 Å². The molecule has 5 rings (SSSR count). The highest BCUT2D eigenvalue weighted by Crippen LogP contribution is 2.46. The summed E-state index contributed by atoms with van der Waals surface area (Å²) in [5.74, 6) is -3.48. The lowest BCUT2D eigenvalue weighted by molar-refractivity contribution is -0.106. The molecule has 0 aliphatic heterocycles. The molecule has 0 amide bonds. The summed E-state index contributed by atoms with van der Waals surface area (Å²) in [6, 6.07) is 6.28. The summed E-state index contributed by atoms with van der Waals surface area (Å²) in [6.45, 7) is 0. The number of nitrogen functional groups attached to an aromatic ring is 1. The van der Waals surface area contributed by atoms with Crippen LogP contribution < -0.4 is 5.73 Å². The van der Waals surface area contributed by atoms with Crippen LogP contribution in [0.5, 0.6) is 0 Å². The second kappa shape index (κ2) is 5.41. The van der Waals surface area contributed by atoms with Gasteiger partial charge in [0.15, 0.2) is 11.5 Å². The number of aromatic nitrogens is 6. The van der Waals surface area contributed by atoms with E-state index < -0.39 is 17.8 Å². The maximum absolute atomic E-state index is 14.7. The molecule has 0 atom stereocenters. The number of nitrogens with zero attached hydrogens (tertiary/aromatic N) is 7. The normalized spacial score (nSPS) is 16.4. The molecule has 3 heterocycles. The van der Waals surface area contributed by atoms with Gasteiger partial charge in [-0.05, 0) is 17.7 Å². The van der Waals surface area contributed by atoms with Crippen molar-refractivity contribution in [2.45, 2.75) is 24.8 Å². The van der Waals surface area contributed by atoms with E-state index in [9.17, 15) is 18.4 Å². The molecule has 8 nitrogen and oxygen atoms in total. The zero-order valence-corrected chi connectivity index (χ0v) is 14.1. The third-order valence-electron chi connectivity index (χ3n) is 4.88. The number of anilines is 1. The van der Waals surface area contributed by atoms with Crippen LogP contribution in [0.2, 0.25) is 0 Å². The first-order chi connectivity index (χ1) is 13.4. The molecule has 140 valence electrons. The highest BCUT2D eigenvalue weighted by atomic mass is 19.3. The second-order valence-electron chi connectivity index (χ2n) is 6.73. The molecule has 11 heteroatoms. The summed E-state index contributed by atoms with van der Waals surface area (Å²) in [5, 5.41) is 21.2. The van der Waals surface area contributed by atoms with Crippen molar-refractivity contribution in [2.24, 2.45) is 0 Å². The number of fused-ring (bicyclic) bond motifs is 2. The highest BCUT2D eigenvalue weighted by Gasteiger charge is 2.47. The third-order valence-corrected chi connectivity index (χ3v) is 4.88. The van der Waals surface area contributed by atoms with Crippen LogP contribution in [0.15, 0.2) is 24.4 Å². The van der Waals surface area contributed by atoms with E-state index in [2.05, 4.69) is 20.4 Å². The van der Waals surface area contributed by atoms with E-state index in [1.165, 1.54) is 4.68 Å². The topological polar surface area (TPSA) is 111 Å². The molecule has 2 N–H and O–H groups in total. The van der Waals surface area contributed by atoms with Crippen LogP contribution in [-0.2, 0) is 0 Å². The van der Waals surface area contributed by atoms with Gasteiger partial charge in [0.25, 0.3) is 5.92 Å². The predicted molar refractivity (Wildman–Crippen MR) is 91.8 cm³/mol. The lowest BCUT2D eigenvalue weighted by atomic mass is 9.88. The maximum Gasteiger partial charge on any atom is 0.252 e. The van der Waals surface area contributed by atoms with Gasteiger partial charge in [-0.15, -0.1) is 10.2 Å². The molecule has 4 aromatic rings. The number of benzene rings is 1. The van der Waals surface area contributed by atoms with Gasteiger partial charge >= 0.3 is 0 Å². The fourth-order valence-corrected chi connectivity index (χ4v) is 3.59. The average molecular weight is 384 g/mol. The number of hydrogen-bond donors (Lipinski definition) is 1. The molecule has 28 heavy (non-hydrogen) atoms. The Balaban J connectivity index is 1.70. The van der Waals surface area contributed by atoms with E-state index in [1.807, 2.05) is 6.07 Å². The zero-order chi connectivity index (χ0) is 19.6. The van der Waals surface area contributed by atoms with E-state index in [1.54, 1.807) is 18.2 Å². The van der Waals surface area contributed by atoms with Crippen LogP contribution in [0.1, 0.15) is 24.6 Å². The van der Waals surface area contributed by atoms with E-state index in [4.69, 9.17) is 5.73 Å². The molecule has 1 fully saturated rings. The largest absolute Gasteiger partial charge is 0.367 e. The van der Waals surface area contributed by atoms with Crippen molar-refractivity contribution in [1.82, 2.24) is 29.6 Å². The molecule has 0 radical (unpaired) electrons. The van der Waals surface area contributed by atoms with Gasteiger partial charge in [0, 0.05) is 18.4 Å². The summed E-state index contributed by atoms with van der Waals surface area (Å²) in [4.78, 5) is 3.86. The van der Waals surface area contributed by atoms with Crippen molar-refractivity contribution in [1.29, 1.82) is 5.26 Å². The van der Waals surface area contributed by atoms with Gasteiger partial charge in [0.1, 0.15) is 17.1 Å². The smallest absolute Gasteiger partial charge is 0.252 e. The van der Waals surface area contributed by atoms with Gasteiger partial charge in [0.05, 0.1) is 17.8 Å². The molecule has 1 aliphatic rings. The van der Waals surface area contributed by atoms with Gasteiger partial charge in [-0.3, -0.25) is 0 Å². The lowest BCUT2D eigenvalue weighted by Crippen LogP contribution is -2.37. The van der Waals surface area contributed by atoms with E-state index >= 15 is 0 Å². The molecule has 0 bridgehead atoms. The molecule has 0 unspecified atom stereocenters. The SMILES string of the molecule is N#Cc1nc(N)nn2cc(F)c(-c3ccc4nnn(C5CC(F)(F)C5)c4c3)c12. The molecule has 0 spiro atoms. The summed E-state index contributed by atoms with van der Waals surface area (Å²) in [6.07, 6.45) is 0.478. The Bertz CT molecular complexity index is 1290. The summed E-state index contributed by atoms with van der Waals surface area (Å²) < 4.78 is 43.8. The van der Waals surface area contributed by atoms with Gasteiger partial charge in [-0.2, -0.15) is 10.2 Å². The second-order valence-corrected chi connectivity index (χ2v) is 6.73. The number of alkyl halides is 2. The zero-order valence-electron chi connectivity index (χ0n) is 14.1. The molecular weight excluding hydrogens is 373 g/mol. The van der Waals surface area contributed by atoms with E-state index in [-0.39, 0.29) is 35.6 Å². The van der Waals surface area contributed by atoms with Crippen LogP contribution >= 0.6 is 0 Å². The standard InChI is InChI=1S/C17H11F3N8/c18-10-7-27-15(12(6-21)23-16(22)25-27)14(10)8-1-2-11-13(3-8)28(26-24-11)9-4-17(19,20)5-9/h1-3,7,9H,4-5H2,(H2,22,25). The van der Waals surface area contributed by atoms with Gasteiger partial charge in [0.2, 0.25) is 5.95 Å². The number of rotatable bonds is 2. The molecule has 1 saturated carbocycles. The Labute approximate surface area is 155 Å². The summed E-state index contributed by atoms with van der Waals surface area (Å²) in [7, 11) is 0.